The predicted molar refractivity (Wildman–Crippen MR) is 77.0 cm³/mol. The van der Waals surface area contributed by atoms with Crippen LogP contribution in [0.15, 0.2) is 22.9 Å². The van der Waals surface area contributed by atoms with Crippen LogP contribution >= 0.6 is 22.7 Å². The number of rotatable bonds is 6. The molecule has 8 heteroatoms. The summed E-state index contributed by atoms with van der Waals surface area (Å²) in [5.41, 5.74) is 5.85. The van der Waals surface area contributed by atoms with Crippen molar-refractivity contribution in [1.29, 1.82) is 0 Å². The SMILES string of the molecule is NC(C(=O)NCCc1nc(C(=O)O)cs1)c1cccs1. The zero-order valence-electron chi connectivity index (χ0n) is 10.4. The lowest BCUT2D eigenvalue weighted by atomic mass is 10.2. The van der Waals surface area contributed by atoms with Gasteiger partial charge in [0.1, 0.15) is 6.04 Å². The van der Waals surface area contributed by atoms with E-state index in [-0.39, 0.29) is 11.6 Å². The Labute approximate surface area is 123 Å². The molecule has 1 unspecified atom stereocenters. The molecule has 0 aromatic carbocycles. The molecule has 6 nitrogen and oxygen atoms in total. The Morgan fingerprint density at radius 1 is 1.45 bits per heavy atom. The second-order valence-electron chi connectivity index (χ2n) is 3.97. The van der Waals surface area contributed by atoms with Crippen LogP contribution in [0.5, 0.6) is 0 Å². The lowest BCUT2D eigenvalue weighted by Crippen LogP contribution is -2.34. The monoisotopic (exact) mass is 311 g/mol. The molecule has 2 aromatic rings. The van der Waals surface area contributed by atoms with E-state index >= 15 is 0 Å². The van der Waals surface area contributed by atoms with Crippen LogP contribution in [0.1, 0.15) is 26.4 Å². The lowest BCUT2D eigenvalue weighted by Gasteiger charge is -2.09. The van der Waals surface area contributed by atoms with Crippen molar-refractivity contribution in [3.8, 4) is 0 Å². The van der Waals surface area contributed by atoms with Gasteiger partial charge in [-0.15, -0.1) is 22.7 Å². The standard InChI is InChI=1S/C12H13N3O3S2/c13-10(8-2-1-5-19-8)11(16)14-4-3-9-15-7(6-20-9)12(17)18/h1-2,5-6,10H,3-4,13H2,(H,14,16)(H,17,18). The third-order valence-electron chi connectivity index (χ3n) is 2.54. The largest absolute Gasteiger partial charge is 0.476 e. The average molecular weight is 311 g/mol. The molecule has 2 heterocycles. The van der Waals surface area contributed by atoms with Gasteiger partial charge in [0.05, 0.1) is 5.01 Å². The van der Waals surface area contributed by atoms with Crippen LogP contribution in [0.4, 0.5) is 0 Å². The molecule has 1 atom stereocenters. The minimum atomic E-state index is -1.05. The lowest BCUT2D eigenvalue weighted by molar-refractivity contribution is -0.122. The molecule has 0 radical (unpaired) electrons. The Morgan fingerprint density at radius 2 is 2.25 bits per heavy atom. The third kappa shape index (κ3) is 3.62. The van der Waals surface area contributed by atoms with Gasteiger partial charge in [0.25, 0.3) is 0 Å². The van der Waals surface area contributed by atoms with Crippen LogP contribution in [0.3, 0.4) is 0 Å². The van der Waals surface area contributed by atoms with Crippen LogP contribution in [-0.2, 0) is 11.2 Å². The molecular weight excluding hydrogens is 298 g/mol. The molecule has 0 saturated carbocycles. The highest BCUT2D eigenvalue weighted by Gasteiger charge is 2.16. The Morgan fingerprint density at radius 3 is 2.85 bits per heavy atom. The van der Waals surface area contributed by atoms with E-state index in [9.17, 15) is 9.59 Å². The molecule has 0 aliphatic heterocycles. The van der Waals surface area contributed by atoms with E-state index in [1.807, 2.05) is 17.5 Å². The summed E-state index contributed by atoms with van der Waals surface area (Å²) in [6.07, 6.45) is 0.487. The number of nitrogens with zero attached hydrogens (tertiary/aromatic N) is 1. The van der Waals surface area contributed by atoms with E-state index in [2.05, 4.69) is 10.3 Å². The number of carbonyl (C=O) groups is 2. The summed E-state index contributed by atoms with van der Waals surface area (Å²) in [5, 5.41) is 15.5. The highest BCUT2D eigenvalue weighted by atomic mass is 32.1. The number of hydrogen-bond acceptors (Lipinski definition) is 6. The minimum Gasteiger partial charge on any atom is -0.476 e. The van der Waals surface area contributed by atoms with E-state index in [4.69, 9.17) is 10.8 Å². The fourth-order valence-electron chi connectivity index (χ4n) is 1.52. The zero-order valence-corrected chi connectivity index (χ0v) is 12.0. The molecule has 106 valence electrons. The maximum Gasteiger partial charge on any atom is 0.355 e. The first-order chi connectivity index (χ1) is 9.58. The van der Waals surface area contributed by atoms with Crippen LogP contribution < -0.4 is 11.1 Å². The summed E-state index contributed by atoms with van der Waals surface area (Å²) in [5.74, 6) is -1.29. The molecule has 0 aliphatic rings. The molecule has 2 rings (SSSR count). The van der Waals surface area contributed by atoms with Crippen LogP contribution in [0, 0.1) is 0 Å². The molecule has 1 amide bonds. The van der Waals surface area contributed by atoms with Gasteiger partial charge in [-0.2, -0.15) is 0 Å². The van der Waals surface area contributed by atoms with Gasteiger partial charge in [-0.05, 0) is 11.4 Å². The van der Waals surface area contributed by atoms with Gasteiger partial charge in [-0.25, -0.2) is 9.78 Å². The first-order valence-electron chi connectivity index (χ1n) is 5.82. The van der Waals surface area contributed by atoms with Crippen molar-refractivity contribution in [1.82, 2.24) is 10.3 Å². The quantitative estimate of drug-likeness (QED) is 0.745. The van der Waals surface area contributed by atoms with E-state index in [0.717, 1.165) is 4.88 Å². The van der Waals surface area contributed by atoms with Gasteiger partial charge in [-0.1, -0.05) is 6.07 Å². The number of carboxylic acid groups (broad SMARTS) is 1. The smallest absolute Gasteiger partial charge is 0.355 e. The predicted octanol–water partition coefficient (Wildman–Crippen LogP) is 1.26. The van der Waals surface area contributed by atoms with Crippen LogP contribution in [-0.4, -0.2) is 28.5 Å². The Kier molecular flexibility index (Phi) is 4.83. The molecule has 0 fully saturated rings. The van der Waals surface area contributed by atoms with Crippen molar-refractivity contribution < 1.29 is 14.7 Å². The summed E-state index contributed by atoms with van der Waals surface area (Å²) in [6, 6.07) is 2.99. The van der Waals surface area contributed by atoms with Gasteiger partial charge >= 0.3 is 5.97 Å². The summed E-state index contributed by atoms with van der Waals surface area (Å²) in [6.45, 7) is 0.379. The van der Waals surface area contributed by atoms with Gasteiger partial charge in [0, 0.05) is 23.2 Å². The second kappa shape index (κ2) is 6.60. The number of nitrogens with one attached hydrogen (secondary N) is 1. The first-order valence-corrected chi connectivity index (χ1v) is 7.58. The fourth-order valence-corrected chi connectivity index (χ4v) is 3.02. The normalized spacial score (nSPS) is 12.1. The van der Waals surface area contributed by atoms with Gasteiger partial charge < -0.3 is 16.2 Å². The maximum absolute atomic E-state index is 11.8. The molecule has 20 heavy (non-hydrogen) atoms. The number of aromatic carboxylic acids is 1. The van der Waals surface area contributed by atoms with Crippen molar-refractivity contribution in [3.63, 3.8) is 0 Å². The van der Waals surface area contributed by atoms with Crippen LogP contribution in [0.25, 0.3) is 0 Å². The number of thiazole rings is 1. The number of nitrogens with two attached hydrogens (primary N) is 1. The molecule has 0 bridgehead atoms. The Balaban J connectivity index is 1.80. The van der Waals surface area contributed by atoms with Gasteiger partial charge in [0.15, 0.2) is 5.69 Å². The molecule has 0 aliphatic carbocycles. The van der Waals surface area contributed by atoms with E-state index < -0.39 is 12.0 Å². The van der Waals surface area contributed by atoms with Crippen molar-refractivity contribution in [3.05, 3.63) is 38.5 Å². The fraction of sp³-hybridized carbons (Fsp3) is 0.250. The molecule has 2 aromatic heterocycles. The van der Waals surface area contributed by atoms with Crippen molar-refractivity contribution in [2.75, 3.05) is 6.54 Å². The minimum absolute atomic E-state index is 0.0339. The van der Waals surface area contributed by atoms with E-state index in [1.54, 1.807) is 0 Å². The maximum atomic E-state index is 11.8. The van der Waals surface area contributed by atoms with Crippen molar-refractivity contribution in [2.45, 2.75) is 12.5 Å². The van der Waals surface area contributed by atoms with E-state index in [0.29, 0.717) is 18.0 Å². The number of amides is 1. The van der Waals surface area contributed by atoms with Crippen molar-refractivity contribution in [2.24, 2.45) is 5.73 Å². The van der Waals surface area contributed by atoms with Crippen molar-refractivity contribution >= 4 is 34.6 Å². The summed E-state index contributed by atoms with van der Waals surface area (Å²) in [7, 11) is 0. The number of hydrogen-bond donors (Lipinski definition) is 3. The second-order valence-corrected chi connectivity index (χ2v) is 5.89. The summed E-state index contributed by atoms with van der Waals surface area (Å²) >= 11 is 2.70. The Bertz CT molecular complexity index is 595. The highest BCUT2D eigenvalue weighted by molar-refractivity contribution is 7.10. The molecular formula is C12H13N3O3S2. The molecule has 0 spiro atoms. The summed E-state index contributed by atoms with van der Waals surface area (Å²) < 4.78 is 0. The molecule has 4 N–H and O–H groups in total. The van der Waals surface area contributed by atoms with Crippen LogP contribution in [0.2, 0.25) is 0 Å². The first kappa shape index (κ1) is 14.6. The highest BCUT2D eigenvalue weighted by Crippen LogP contribution is 2.16. The third-order valence-corrected chi connectivity index (χ3v) is 4.41. The van der Waals surface area contributed by atoms with Gasteiger partial charge in [0.2, 0.25) is 5.91 Å². The number of aromatic nitrogens is 1. The molecule has 0 saturated heterocycles. The average Bonchev–Trinajstić information content (AvgIpc) is 3.08. The van der Waals surface area contributed by atoms with Gasteiger partial charge in [-0.3, -0.25) is 4.79 Å². The number of thiophene rings is 1. The zero-order chi connectivity index (χ0) is 14.5. The number of carboxylic acids is 1. The topological polar surface area (TPSA) is 105 Å². The van der Waals surface area contributed by atoms with E-state index in [1.165, 1.54) is 28.1 Å². The summed E-state index contributed by atoms with van der Waals surface area (Å²) in [4.78, 5) is 27.2. The Hall–Kier alpha value is -1.77. The number of carbonyl (C=O) groups excluding carboxylic acids is 1.